The molecule has 0 heterocycles. The molecular formula is C13H19BrFN. The third-order valence-electron chi connectivity index (χ3n) is 3.32. The molecule has 1 aromatic rings. The van der Waals surface area contributed by atoms with Gasteiger partial charge >= 0.3 is 0 Å². The van der Waals surface area contributed by atoms with Crippen LogP contribution in [-0.4, -0.2) is 17.5 Å². The summed E-state index contributed by atoms with van der Waals surface area (Å²) in [5, 5.41) is 0. The predicted molar refractivity (Wildman–Crippen MR) is 69.9 cm³/mol. The quantitative estimate of drug-likeness (QED) is 0.802. The van der Waals surface area contributed by atoms with Gasteiger partial charge in [-0.2, -0.15) is 0 Å². The van der Waals surface area contributed by atoms with E-state index in [-0.39, 0.29) is 11.4 Å². The van der Waals surface area contributed by atoms with Crippen LogP contribution < -0.4 is 0 Å². The molecule has 0 aromatic heterocycles. The fourth-order valence-electron chi connectivity index (χ4n) is 1.39. The summed E-state index contributed by atoms with van der Waals surface area (Å²) in [6.07, 6.45) is 1.04. The average molecular weight is 288 g/mol. The first-order valence-corrected chi connectivity index (χ1v) is 6.31. The summed E-state index contributed by atoms with van der Waals surface area (Å²) in [5.41, 5.74) is 0.840. The van der Waals surface area contributed by atoms with Crippen LogP contribution in [0.4, 0.5) is 4.39 Å². The van der Waals surface area contributed by atoms with Gasteiger partial charge in [0.2, 0.25) is 0 Å². The first-order valence-electron chi connectivity index (χ1n) is 5.52. The second-order valence-corrected chi connectivity index (χ2v) is 5.67. The Labute approximate surface area is 106 Å². The fraction of sp³-hybridized carbons (Fsp3) is 0.538. The van der Waals surface area contributed by atoms with E-state index in [2.05, 4.69) is 41.6 Å². The van der Waals surface area contributed by atoms with Gasteiger partial charge in [0.25, 0.3) is 0 Å². The molecule has 1 aromatic carbocycles. The number of hydrogen-bond donors (Lipinski definition) is 0. The van der Waals surface area contributed by atoms with Gasteiger partial charge in [-0.3, -0.25) is 4.90 Å². The minimum atomic E-state index is -0.145. The Morgan fingerprint density at radius 2 is 2.00 bits per heavy atom. The van der Waals surface area contributed by atoms with Crippen molar-refractivity contribution in [2.24, 2.45) is 0 Å². The van der Waals surface area contributed by atoms with Crippen LogP contribution in [0.5, 0.6) is 0 Å². The molecule has 0 saturated carbocycles. The highest BCUT2D eigenvalue weighted by Gasteiger charge is 2.21. The normalized spacial score (nSPS) is 12.2. The minimum absolute atomic E-state index is 0.0967. The van der Waals surface area contributed by atoms with Crippen molar-refractivity contribution in [3.63, 3.8) is 0 Å². The van der Waals surface area contributed by atoms with Crippen LogP contribution in [0.15, 0.2) is 22.7 Å². The molecule has 0 aliphatic heterocycles. The van der Waals surface area contributed by atoms with Crippen LogP contribution in [0, 0.1) is 5.82 Å². The van der Waals surface area contributed by atoms with E-state index in [0.29, 0.717) is 6.54 Å². The molecule has 0 unspecified atom stereocenters. The molecule has 3 heteroatoms. The third kappa shape index (κ3) is 3.29. The SMILES string of the molecule is CCC(C)(C)N(C)Cc1ccc(Br)cc1F. The van der Waals surface area contributed by atoms with E-state index in [1.54, 1.807) is 0 Å². The summed E-state index contributed by atoms with van der Waals surface area (Å²) in [4.78, 5) is 2.18. The zero-order valence-electron chi connectivity index (χ0n) is 10.3. The predicted octanol–water partition coefficient (Wildman–Crippen LogP) is 4.21. The molecule has 1 rings (SSSR count). The maximum atomic E-state index is 13.6. The summed E-state index contributed by atoms with van der Waals surface area (Å²) in [6, 6.07) is 5.23. The molecule has 1 nitrogen and oxygen atoms in total. The van der Waals surface area contributed by atoms with E-state index >= 15 is 0 Å². The molecule has 0 aliphatic carbocycles. The summed E-state index contributed by atoms with van der Waals surface area (Å²) in [7, 11) is 2.03. The Bertz CT molecular complexity index is 363. The van der Waals surface area contributed by atoms with Crippen molar-refractivity contribution < 1.29 is 4.39 Å². The number of hydrogen-bond acceptors (Lipinski definition) is 1. The number of benzene rings is 1. The molecule has 0 fully saturated rings. The maximum Gasteiger partial charge on any atom is 0.128 e. The molecule has 0 bridgehead atoms. The highest BCUT2D eigenvalue weighted by molar-refractivity contribution is 9.10. The second-order valence-electron chi connectivity index (χ2n) is 4.76. The summed E-state index contributed by atoms with van der Waals surface area (Å²) < 4.78 is 14.4. The lowest BCUT2D eigenvalue weighted by atomic mass is 9.99. The lowest BCUT2D eigenvalue weighted by molar-refractivity contribution is 0.141. The number of halogens is 2. The molecule has 0 amide bonds. The zero-order valence-corrected chi connectivity index (χ0v) is 11.9. The molecule has 0 atom stereocenters. The summed E-state index contributed by atoms with van der Waals surface area (Å²) in [5.74, 6) is -0.145. The van der Waals surface area contributed by atoms with E-state index in [0.717, 1.165) is 16.5 Å². The van der Waals surface area contributed by atoms with Crippen LogP contribution in [0.3, 0.4) is 0 Å². The van der Waals surface area contributed by atoms with E-state index in [9.17, 15) is 4.39 Å². The van der Waals surface area contributed by atoms with Crippen molar-refractivity contribution in [1.82, 2.24) is 4.90 Å². The van der Waals surface area contributed by atoms with Crippen molar-refractivity contribution in [2.75, 3.05) is 7.05 Å². The van der Waals surface area contributed by atoms with Gasteiger partial charge < -0.3 is 0 Å². The molecule has 0 spiro atoms. The first-order chi connectivity index (χ1) is 7.36. The van der Waals surface area contributed by atoms with E-state index in [4.69, 9.17) is 0 Å². The van der Waals surface area contributed by atoms with Gasteiger partial charge in [0.05, 0.1) is 0 Å². The molecule has 0 saturated heterocycles. The van der Waals surface area contributed by atoms with E-state index < -0.39 is 0 Å². The number of nitrogens with zero attached hydrogens (tertiary/aromatic N) is 1. The van der Waals surface area contributed by atoms with Gasteiger partial charge in [0.1, 0.15) is 5.82 Å². The topological polar surface area (TPSA) is 3.24 Å². The van der Waals surface area contributed by atoms with Crippen molar-refractivity contribution >= 4 is 15.9 Å². The van der Waals surface area contributed by atoms with Crippen molar-refractivity contribution in [3.8, 4) is 0 Å². The second kappa shape index (κ2) is 5.28. The third-order valence-corrected chi connectivity index (χ3v) is 3.81. The standard InChI is InChI=1S/C13H19BrFN/c1-5-13(2,3)16(4)9-10-6-7-11(14)8-12(10)15/h6-8H,5,9H2,1-4H3. The Kier molecular flexibility index (Phi) is 4.51. The number of rotatable bonds is 4. The summed E-state index contributed by atoms with van der Waals surface area (Å²) >= 11 is 3.26. The largest absolute Gasteiger partial charge is 0.297 e. The van der Waals surface area contributed by atoms with Crippen LogP contribution in [-0.2, 0) is 6.54 Å². The van der Waals surface area contributed by atoms with Crippen LogP contribution >= 0.6 is 15.9 Å². The Hall–Kier alpha value is -0.410. The van der Waals surface area contributed by atoms with Crippen molar-refractivity contribution in [2.45, 2.75) is 39.3 Å². The van der Waals surface area contributed by atoms with Gasteiger partial charge in [0, 0.05) is 22.1 Å². The Morgan fingerprint density at radius 1 is 1.38 bits per heavy atom. The molecular weight excluding hydrogens is 269 g/mol. The first kappa shape index (κ1) is 13.7. The smallest absolute Gasteiger partial charge is 0.128 e. The molecule has 0 radical (unpaired) electrons. The molecule has 0 aliphatic rings. The summed E-state index contributed by atoms with van der Waals surface area (Å²) in [6.45, 7) is 7.13. The van der Waals surface area contributed by atoms with E-state index in [1.807, 2.05) is 19.2 Å². The minimum Gasteiger partial charge on any atom is -0.297 e. The van der Waals surface area contributed by atoms with Crippen molar-refractivity contribution in [3.05, 3.63) is 34.1 Å². The highest BCUT2D eigenvalue weighted by atomic mass is 79.9. The van der Waals surface area contributed by atoms with Crippen molar-refractivity contribution in [1.29, 1.82) is 0 Å². The fourth-order valence-corrected chi connectivity index (χ4v) is 1.72. The Morgan fingerprint density at radius 3 is 2.50 bits per heavy atom. The van der Waals surface area contributed by atoms with Gasteiger partial charge in [-0.15, -0.1) is 0 Å². The monoisotopic (exact) mass is 287 g/mol. The van der Waals surface area contributed by atoms with Crippen LogP contribution in [0.2, 0.25) is 0 Å². The Balaban J connectivity index is 2.81. The van der Waals surface area contributed by atoms with E-state index in [1.165, 1.54) is 6.07 Å². The lowest BCUT2D eigenvalue weighted by Gasteiger charge is -2.34. The maximum absolute atomic E-state index is 13.6. The lowest BCUT2D eigenvalue weighted by Crippen LogP contribution is -2.39. The van der Waals surface area contributed by atoms with Gasteiger partial charge in [-0.1, -0.05) is 28.9 Å². The molecule has 90 valence electrons. The van der Waals surface area contributed by atoms with Gasteiger partial charge in [0.15, 0.2) is 0 Å². The highest BCUT2D eigenvalue weighted by Crippen LogP contribution is 2.22. The molecule has 16 heavy (non-hydrogen) atoms. The van der Waals surface area contributed by atoms with Gasteiger partial charge in [-0.05, 0) is 39.4 Å². The van der Waals surface area contributed by atoms with Gasteiger partial charge in [-0.25, -0.2) is 4.39 Å². The molecule has 0 N–H and O–H groups in total. The van der Waals surface area contributed by atoms with Crippen LogP contribution in [0.1, 0.15) is 32.8 Å². The van der Waals surface area contributed by atoms with Crippen LogP contribution in [0.25, 0.3) is 0 Å². The zero-order chi connectivity index (χ0) is 12.3. The average Bonchev–Trinajstić information content (AvgIpc) is 2.22.